The van der Waals surface area contributed by atoms with E-state index >= 15 is 0 Å². The van der Waals surface area contributed by atoms with E-state index in [1.54, 1.807) is 0 Å². The number of ether oxygens (including phenoxy) is 2. The number of amides is 1. The second-order valence-corrected chi connectivity index (χ2v) is 11.2. The summed E-state index contributed by atoms with van der Waals surface area (Å²) in [5, 5.41) is 3.56. The SMILES string of the molecule is Cc1c(N2C[C@H]3CC[C@@H]2CO3)ccc2c1N(C(=O)C1CCC(OC(C)C)CC1)Cc1cccnc1N2. The lowest BCUT2D eigenvalue weighted by Gasteiger charge is -2.47. The number of anilines is 4. The van der Waals surface area contributed by atoms with Gasteiger partial charge in [-0.3, -0.25) is 4.79 Å². The normalized spacial score (nSPS) is 27.3. The van der Waals surface area contributed by atoms with Gasteiger partial charge in [-0.25, -0.2) is 4.98 Å². The zero-order valence-electron chi connectivity index (χ0n) is 21.7. The first-order valence-electron chi connectivity index (χ1n) is 13.7. The van der Waals surface area contributed by atoms with Crippen LogP contribution in [0.2, 0.25) is 0 Å². The van der Waals surface area contributed by atoms with Crippen LogP contribution in [0.25, 0.3) is 0 Å². The maximum absolute atomic E-state index is 14.2. The van der Waals surface area contributed by atoms with Gasteiger partial charge in [-0.05, 0) is 83.1 Å². The van der Waals surface area contributed by atoms with Crippen LogP contribution in [0.15, 0.2) is 30.5 Å². The van der Waals surface area contributed by atoms with Crippen LogP contribution in [0.1, 0.15) is 63.5 Å². The number of fused-ring (bicyclic) bond motifs is 5. The highest BCUT2D eigenvalue weighted by Gasteiger charge is 2.38. The first kappa shape index (κ1) is 23.7. The maximum Gasteiger partial charge on any atom is 0.230 e. The van der Waals surface area contributed by atoms with Gasteiger partial charge in [0.05, 0.1) is 48.9 Å². The number of pyridine rings is 1. The van der Waals surface area contributed by atoms with Crippen LogP contribution in [0.5, 0.6) is 0 Å². The average molecular weight is 491 g/mol. The molecule has 4 fully saturated rings. The summed E-state index contributed by atoms with van der Waals surface area (Å²) in [6, 6.07) is 8.79. The van der Waals surface area contributed by atoms with Gasteiger partial charge < -0.3 is 24.6 Å². The summed E-state index contributed by atoms with van der Waals surface area (Å²) in [7, 11) is 0. The molecule has 1 aromatic heterocycles. The minimum atomic E-state index is 0.0190. The number of carbonyl (C=O) groups excluding carboxylic acids is 1. The van der Waals surface area contributed by atoms with Crippen LogP contribution in [0.4, 0.5) is 22.9 Å². The lowest BCUT2D eigenvalue weighted by atomic mass is 9.86. The van der Waals surface area contributed by atoms with Gasteiger partial charge in [-0.2, -0.15) is 0 Å². The molecule has 1 aromatic carbocycles. The molecule has 7 nitrogen and oxygen atoms in total. The standard InChI is InChI=1S/C29H38N4O3/c1-18(2)36-23-9-6-20(7-10-23)29(34)33-15-21-5-4-14-30-28(21)31-25-12-13-26(19(3)27(25)33)32-16-24-11-8-22(32)17-35-24/h4-5,12-14,18,20,22-24H,6-11,15-17H2,1-3H3,(H,30,31)/t20?,22-,23?,24-/m1/s1. The third-order valence-electron chi connectivity index (χ3n) is 8.40. The smallest absolute Gasteiger partial charge is 0.230 e. The molecule has 192 valence electrons. The highest BCUT2D eigenvalue weighted by Crippen LogP contribution is 2.44. The Morgan fingerprint density at radius 2 is 1.97 bits per heavy atom. The molecule has 0 spiro atoms. The van der Waals surface area contributed by atoms with E-state index in [1.165, 1.54) is 12.1 Å². The highest BCUT2D eigenvalue weighted by atomic mass is 16.5. The zero-order valence-corrected chi connectivity index (χ0v) is 21.7. The molecular weight excluding hydrogens is 452 g/mol. The number of carbonyl (C=O) groups is 1. The van der Waals surface area contributed by atoms with Crippen LogP contribution in [0.3, 0.4) is 0 Å². The van der Waals surface area contributed by atoms with E-state index in [-0.39, 0.29) is 24.0 Å². The van der Waals surface area contributed by atoms with Crippen molar-refractivity contribution < 1.29 is 14.3 Å². The summed E-state index contributed by atoms with van der Waals surface area (Å²) >= 11 is 0. The van der Waals surface area contributed by atoms with E-state index in [1.807, 2.05) is 17.2 Å². The molecule has 2 bridgehead atoms. The molecule has 7 rings (SSSR count). The van der Waals surface area contributed by atoms with Crippen molar-refractivity contribution in [2.45, 2.75) is 90.2 Å². The molecule has 5 aliphatic rings. The Morgan fingerprint density at radius 1 is 1.14 bits per heavy atom. The van der Waals surface area contributed by atoms with Gasteiger partial charge in [-0.15, -0.1) is 0 Å². The number of benzene rings is 1. The van der Waals surface area contributed by atoms with Gasteiger partial charge in [0.2, 0.25) is 5.91 Å². The second-order valence-electron chi connectivity index (χ2n) is 11.2. The van der Waals surface area contributed by atoms with Gasteiger partial charge in [0, 0.05) is 29.9 Å². The second kappa shape index (κ2) is 9.67. The third-order valence-corrected chi connectivity index (χ3v) is 8.40. The first-order chi connectivity index (χ1) is 17.5. The van der Waals surface area contributed by atoms with E-state index in [2.05, 4.69) is 54.2 Å². The summed E-state index contributed by atoms with van der Waals surface area (Å²) in [5.41, 5.74) is 5.38. The lowest BCUT2D eigenvalue weighted by molar-refractivity contribution is -0.124. The third kappa shape index (κ3) is 4.37. The van der Waals surface area contributed by atoms with Gasteiger partial charge in [0.25, 0.3) is 0 Å². The number of aromatic nitrogens is 1. The molecule has 1 saturated carbocycles. The van der Waals surface area contributed by atoms with Crippen molar-refractivity contribution in [3.05, 3.63) is 41.6 Å². The monoisotopic (exact) mass is 490 g/mol. The van der Waals surface area contributed by atoms with Crippen LogP contribution in [0, 0.1) is 12.8 Å². The Balaban J connectivity index is 1.34. The Kier molecular flexibility index (Phi) is 6.38. The van der Waals surface area contributed by atoms with Gasteiger partial charge in [-0.1, -0.05) is 6.07 Å². The first-order valence-corrected chi connectivity index (χ1v) is 13.7. The Bertz CT molecular complexity index is 1120. The van der Waals surface area contributed by atoms with E-state index in [0.717, 1.165) is 73.6 Å². The van der Waals surface area contributed by atoms with E-state index < -0.39 is 0 Å². The average Bonchev–Trinajstić information content (AvgIpc) is 3.06. The Hall–Kier alpha value is -2.64. The van der Waals surface area contributed by atoms with Gasteiger partial charge in [0.15, 0.2) is 0 Å². The van der Waals surface area contributed by atoms with E-state index in [0.29, 0.717) is 18.7 Å². The zero-order chi connectivity index (χ0) is 24.8. The fraction of sp³-hybridized carbons (Fsp3) is 0.586. The molecule has 7 heteroatoms. The number of rotatable bonds is 4. The van der Waals surface area contributed by atoms with Crippen LogP contribution < -0.4 is 15.1 Å². The van der Waals surface area contributed by atoms with Crippen LogP contribution in [-0.4, -0.2) is 48.4 Å². The number of morpholine rings is 1. The summed E-state index contributed by atoms with van der Waals surface area (Å²) in [6.07, 6.45) is 8.56. The van der Waals surface area contributed by atoms with Crippen LogP contribution in [-0.2, 0) is 20.8 Å². The number of nitrogens with one attached hydrogen (secondary N) is 1. The molecule has 1 amide bonds. The molecule has 1 aliphatic carbocycles. The number of piperidine rings is 1. The largest absolute Gasteiger partial charge is 0.376 e. The molecule has 0 unspecified atom stereocenters. The highest BCUT2D eigenvalue weighted by molar-refractivity contribution is 6.01. The van der Waals surface area contributed by atoms with Gasteiger partial charge in [0.1, 0.15) is 5.82 Å². The fourth-order valence-electron chi connectivity index (χ4n) is 6.59. The number of hydrogen-bond acceptors (Lipinski definition) is 6. The summed E-state index contributed by atoms with van der Waals surface area (Å²) in [5.74, 6) is 1.08. The van der Waals surface area contributed by atoms with Crippen molar-refractivity contribution in [3.8, 4) is 0 Å². The van der Waals surface area contributed by atoms with Crippen molar-refractivity contribution in [1.82, 2.24) is 4.98 Å². The quantitative estimate of drug-likeness (QED) is 0.625. The van der Waals surface area contributed by atoms with Gasteiger partial charge >= 0.3 is 0 Å². The van der Waals surface area contributed by atoms with E-state index in [9.17, 15) is 4.79 Å². The molecule has 36 heavy (non-hydrogen) atoms. The molecule has 1 N–H and O–H groups in total. The lowest BCUT2D eigenvalue weighted by Crippen LogP contribution is -2.54. The fourth-order valence-corrected chi connectivity index (χ4v) is 6.59. The minimum Gasteiger partial charge on any atom is -0.376 e. The van der Waals surface area contributed by atoms with Crippen LogP contribution >= 0.6 is 0 Å². The summed E-state index contributed by atoms with van der Waals surface area (Å²) in [4.78, 5) is 23.3. The van der Waals surface area contributed by atoms with E-state index in [4.69, 9.17) is 9.47 Å². The topological polar surface area (TPSA) is 66.9 Å². The predicted molar refractivity (Wildman–Crippen MR) is 142 cm³/mol. The Labute approximate surface area is 214 Å². The molecule has 3 saturated heterocycles. The predicted octanol–water partition coefficient (Wildman–Crippen LogP) is 5.33. The van der Waals surface area contributed by atoms with Crippen molar-refractivity contribution in [3.63, 3.8) is 0 Å². The molecule has 2 aromatic rings. The molecular formula is C29H38N4O3. The maximum atomic E-state index is 14.2. The summed E-state index contributed by atoms with van der Waals surface area (Å²) in [6.45, 7) is 8.60. The molecule has 5 heterocycles. The van der Waals surface area contributed by atoms with Crippen molar-refractivity contribution in [2.75, 3.05) is 28.3 Å². The Morgan fingerprint density at radius 3 is 2.67 bits per heavy atom. The summed E-state index contributed by atoms with van der Waals surface area (Å²) < 4.78 is 12.0. The molecule has 2 atom stereocenters. The van der Waals surface area contributed by atoms with Crippen molar-refractivity contribution in [2.24, 2.45) is 5.92 Å². The number of nitrogens with zero attached hydrogens (tertiary/aromatic N) is 3. The molecule has 0 radical (unpaired) electrons. The van der Waals surface area contributed by atoms with Crippen molar-refractivity contribution in [1.29, 1.82) is 0 Å². The van der Waals surface area contributed by atoms with Crippen molar-refractivity contribution >= 4 is 28.8 Å². The minimum absolute atomic E-state index is 0.0190. The number of hydrogen-bond donors (Lipinski definition) is 1. The molecule has 4 aliphatic heterocycles.